The maximum Gasteiger partial charge on any atom is 0.242 e. The second-order valence-electron chi connectivity index (χ2n) is 6.41. The monoisotopic (exact) mass is 336 g/mol. The molecule has 1 heterocycles. The lowest BCUT2D eigenvalue weighted by atomic mass is 10.1. The van der Waals surface area contributed by atoms with E-state index in [1.807, 2.05) is 20.8 Å². The van der Waals surface area contributed by atoms with E-state index in [1.165, 1.54) is 23.5 Å². The number of anilines is 1. The first kappa shape index (κ1) is 17.3. The largest absolute Gasteiger partial charge is 0.350 e. The molecule has 1 atom stereocenters. The summed E-state index contributed by atoms with van der Waals surface area (Å²) in [6.45, 7) is 7.58. The Balaban J connectivity index is 1.94. The van der Waals surface area contributed by atoms with E-state index in [2.05, 4.69) is 20.8 Å². The number of carbonyl (C=O) groups excluding carboxylic acids is 1. The number of halogens is 1. The van der Waals surface area contributed by atoms with E-state index in [0.717, 1.165) is 10.6 Å². The zero-order valence-corrected chi connectivity index (χ0v) is 14.5. The Morgan fingerprint density at radius 2 is 1.91 bits per heavy atom. The second kappa shape index (κ2) is 7.04. The van der Waals surface area contributed by atoms with Crippen LogP contribution in [0.4, 0.5) is 9.52 Å². The topological polar surface area (TPSA) is 66.9 Å². The Kier molecular flexibility index (Phi) is 5.30. The fraction of sp³-hybridized carbons (Fsp3) is 0.438. The predicted octanol–water partition coefficient (Wildman–Crippen LogP) is 2.98. The fourth-order valence-electron chi connectivity index (χ4n) is 1.89. The molecule has 2 N–H and O–H groups in total. The minimum absolute atomic E-state index is 0.0900. The molecule has 0 aliphatic carbocycles. The molecule has 0 saturated heterocycles. The van der Waals surface area contributed by atoms with E-state index in [4.69, 9.17) is 0 Å². The van der Waals surface area contributed by atoms with Gasteiger partial charge in [0.05, 0.1) is 0 Å². The number of nitrogens with zero attached hydrogens (tertiary/aromatic N) is 2. The molecule has 2 aromatic rings. The zero-order valence-electron chi connectivity index (χ0n) is 13.7. The third-order valence-electron chi connectivity index (χ3n) is 2.97. The predicted molar refractivity (Wildman–Crippen MR) is 90.1 cm³/mol. The molecular weight excluding hydrogens is 315 g/mol. The van der Waals surface area contributed by atoms with Crippen molar-refractivity contribution in [2.75, 3.05) is 5.32 Å². The quantitative estimate of drug-likeness (QED) is 0.881. The van der Waals surface area contributed by atoms with Crippen molar-refractivity contribution in [3.63, 3.8) is 0 Å². The first-order valence-electron chi connectivity index (χ1n) is 7.38. The molecule has 0 saturated carbocycles. The highest BCUT2D eigenvalue weighted by atomic mass is 32.1. The summed E-state index contributed by atoms with van der Waals surface area (Å²) in [6, 6.07) is 5.90. The van der Waals surface area contributed by atoms with Gasteiger partial charge in [0.15, 0.2) is 0 Å². The Morgan fingerprint density at radius 3 is 2.52 bits per heavy atom. The molecule has 0 bridgehead atoms. The van der Waals surface area contributed by atoms with Gasteiger partial charge in [-0.3, -0.25) is 4.79 Å². The summed E-state index contributed by atoms with van der Waals surface area (Å²) >= 11 is 1.39. The Morgan fingerprint density at radius 1 is 1.26 bits per heavy atom. The lowest BCUT2D eigenvalue weighted by Gasteiger charge is -2.23. The summed E-state index contributed by atoms with van der Waals surface area (Å²) in [5, 5.41) is 15.5. The van der Waals surface area contributed by atoms with E-state index in [9.17, 15) is 9.18 Å². The number of rotatable bonds is 5. The molecule has 124 valence electrons. The third-order valence-corrected chi connectivity index (χ3v) is 3.82. The van der Waals surface area contributed by atoms with E-state index >= 15 is 0 Å². The minimum atomic E-state index is -0.402. The van der Waals surface area contributed by atoms with Gasteiger partial charge in [-0.2, -0.15) is 0 Å². The van der Waals surface area contributed by atoms with Crippen molar-refractivity contribution in [3.05, 3.63) is 40.7 Å². The summed E-state index contributed by atoms with van der Waals surface area (Å²) in [5.74, 6) is -0.347. The van der Waals surface area contributed by atoms with E-state index in [1.54, 1.807) is 19.1 Å². The van der Waals surface area contributed by atoms with Gasteiger partial charge in [-0.1, -0.05) is 23.5 Å². The molecule has 0 spiro atoms. The first-order valence-corrected chi connectivity index (χ1v) is 8.20. The second-order valence-corrected chi connectivity index (χ2v) is 7.47. The highest BCUT2D eigenvalue weighted by Gasteiger charge is 2.20. The van der Waals surface area contributed by atoms with Gasteiger partial charge in [-0.25, -0.2) is 4.39 Å². The van der Waals surface area contributed by atoms with Crippen LogP contribution >= 0.6 is 11.3 Å². The number of hydrogen-bond acceptors (Lipinski definition) is 5. The number of amides is 1. The first-order chi connectivity index (χ1) is 10.7. The maximum atomic E-state index is 12.9. The van der Waals surface area contributed by atoms with Gasteiger partial charge < -0.3 is 10.6 Å². The highest BCUT2D eigenvalue weighted by Crippen LogP contribution is 2.19. The zero-order chi connectivity index (χ0) is 17.0. The molecule has 0 aliphatic heterocycles. The fourth-order valence-corrected chi connectivity index (χ4v) is 2.75. The van der Waals surface area contributed by atoms with Crippen molar-refractivity contribution in [3.8, 4) is 0 Å². The molecule has 1 amide bonds. The molecule has 1 unspecified atom stereocenters. The molecule has 5 nitrogen and oxygen atoms in total. The minimum Gasteiger partial charge on any atom is -0.350 e. The molecule has 0 radical (unpaired) electrons. The van der Waals surface area contributed by atoms with Gasteiger partial charge in [-0.15, -0.1) is 10.2 Å². The standard InChI is InChI=1S/C16H21FN4OS/c1-10(14(22)19-16(2,3)4)18-15-21-20-13(23-15)9-11-5-7-12(17)8-6-11/h5-8,10H,9H2,1-4H3,(H,18,21)(H,19,22). The summed E-state index contributed by atoms with van der Waals surface area (Å²) in [7, 11) is 0. The molecule has 23 heavy (non-hydrogen) atoms. The number of aromatic nitrogens is 2. The average Bonchev–Trinajstić information content (AvgIpc) is 2.86. The van der Waals surface area contributed by atoms with Crippen LogP contribution in [0, 0.1) is 5.82 Å². The maximum absolute atomic E-state index is 12.9. The van der Waals surface area contributed by atoms with Crippen LogP contribution < -0.4 is 10.6 Å². The molecule has 0 aliphatic rings. The summed E-state index contributed by atoms with van der Waals surface area (Å²) in [5.41, 5.74) is 0.689. The van der Waals surface area contributed by atoms with Crippen LogP contribution in [0.3, 0.4) is 0 Å². The summed E-state index contributed by atoms with van der Waals surface area (Å²) in [6.07, 6.45) is 0.586. The molecular formula is C16H21FN4OS. The molecule has 0 fully saturated rings. The van der Waals surface area contributed by atoms with Crippen molar-refractivity contribution in [2.45, 2.75) is 45.7 Å². The van der Waals surface area contributed by atoms with Crippen LogP contribution in [0.5, 0.6) is 0 Å². The number of benzene rings is 1. The van der Waals surface area contributed by atoms with Gasteiger partial charge in [0.25, 0.3) is 0 Å². The lowest BCUT2D eigenvalue weighted by molar-refractivity contribution is -0.122. The van der Waals surface area contributed by atoms with Gasteiger partial charge in [0.1, 0.15) is 16.9 Å². The Hall–Kier alpha value is -2.02. The number of nitrogens with one attached hydrogen (secondary N) is 2. The smallest absolute Gasteiger partial charge is 0.242 e. The van der Waals surface area contributed by atoms with Crippen molar-refractivity contribution in [1.82, 2.24) is 15.5 Å². The highest BCUT2D eigenvalue weighted by molar-refractivity contribution is 7.15. The number of carbonyl (C=O) groups is 1. The van der Waals surface area contributed by atoms with Crippen LogP contribution in [0.2, 0.25) is 0 Å². The van der Waals surface area contributed by atoms with Gasteiger partial charge in [0, 0.05) is 12.0 Å². The van der Waals surface area contributed by atoms with Crippen molar-refractivity contribution in [1.29, 1.82) is 0 Å². The lowest BCUT2D eigenvalue weighted by Crippen LogP contribution is -2.47. The van der Waals surface area contributed by atoms with Gasteiger partial charge in [-0.05, 0) is 45.4 Å². The normalized spacial score (nSPS) is 12.7. The van der Waals surface area contributed by atoms with Gasteiger partial charge in [0.2, 0.25) is 11.0 Å². The average molecular weight is 336 g/mol. The SMILES string of the molecule is CC(Nc1nnc(Cc2ccc(F)cc2)s1)C(=O)NC(C)(C)C. The van der Waals surface area contributed by atoms with Crippen LogP contribution in [-0.4, -0.2) is 27.7 Å². The Labute approximate surface area is 139 Å². The van der Waals surface area contributed by atoms with Crippen LogP contribution in [0.15, 0.2) is 24.3 Å². The number of hydrogen-bond donors (Lipinski definition) is 2. The summed E-state index contributed by atoms with van der Waals surface area (Å²) in [4.78, 5) is 12.0. The third kappa shape index (κ3) is 5.59. The van der Waals surface area contributed by atoms with Crippen molar-refractivity contribution < 1.29 is 9.18 Å². The van der Waals surface area contributed by atoms with Crippen molar-refractivity contribution in [2.24, 2.45) is 0 Å². The van der Waals surface area contributed by atoms with E-state index in [-0.39, 0.29) is 17.3 Å². The van der Waals surface area contributed by atoms with Crippen LogP contribution in [-0.2, 0) is 11.2 Å². The van der Waals surface area contributed by atoms with E-state index < -0.39 is 6.04 Å². The van der Waals surface area contributed by atoms with E-state index in [0.29, 0.717) is 11.6 Å². The van der Waals surface area contributed by atoms with Crippen LogP contribution in [0.25, 0.3) is 0 Å². The molecule has 1 aromatic heterocycles. The van der Waals surface area contributed by atoms with Gasteiger partial charge >= 0.3 is 0 Å². The van der Waals surface area contributed by atoms with Crippen LogP contribution in [0.1, 0.15) is 38.3 Å². The molecule has 7 heteroatoms. The molecule has 1 aromatic carbocycles. The summed E-state index contributed by atoms with van der Waals surface area (Å²) < 4.78 is 12.9. The van der Waals surface area contributed by atoms with Crippen molar-refractivity contribution >= 4 is 22.4 Å². The molecule has 2 rings (SSSR count). The Bertz CT molecular complexity index is 663.